The van der Waals surface area contributed by atoms with Crippen LogP contribution in [0.5, 0.6) is 0 Å². The Kier molecular flexibility index (Phi) is 17.5. The molecular weight excluding hydrogens is 1350 g/mol. The smallest absolute Gasteiger partial charge is 0.328 e. The minimum Gasteiger partial charge on any atom is -0.328 e. The van der Waals surface area contributed by atoms with Crippen molar-refractivity contribution in [2.24, 2.45) is 0 Å². The number of rotatable bonds is 16. The van der Waals surface area contributed by atoms with Gasteiger partial charge < -0.3 is 4.74 Å². The van der Waals surface area contributed by atoms with Crippen LogP contribution in [0.4, 0.5) is 237 Å². The molecule has 2 atom stereocenters. The van der Waals surface area contributed by atoms with Crippen LogP contribution in [0.2, 0.25) is 0 Å². The molecule has 0 aromatic carbocycles. The molecule has 0 spiro atoms. The van der Waals surface area contributed by atoms with Crippen LogP contribution in [0.1, 0.15) is 0 Å². The van der Waals surface area contributed by atoms with Gasteiger partial charge in [-0.15, -0.1) is 0 Å². The third-order valence-corrected chi connectivity index (χ3v) is 10.1. The fraction of sp³-hybridized carbons (Fsp3) is 1.00. The van der Waals surface area contributed by atoms with E-state index >= 15 is 35.1 Å². The Morgan fingerprint density at radius 2 is 0.235 bits per heavy atom. The number of hydrogen-bond acceptors (Lipinski definition) is 1. The molecule has 81 heavy (non-hydrogen) atoms. The molecule has 55 heteroatoms. The summed E-state index contributed by atoms with van der Waals surface area (Å²) in [5.74, 6) is -114. The summed E-state index contributed by atoms with van der Waals surface area (Å²) in [5.41, 5.74) is -78.3. The maximum atomic E-state index is 16.7. The second-order valence-corrected chi connectivity index (χ2v) is 14.8. The minimum absolute atomic E-state index is 0.588. The predicted molar refractivity (Wildman–Crippen MR) is 132 cm³/mol. The second kappa shape index (κ2) is 18.4. The van der Waals surface area contributed by atoms with E-state index in [1.165, 1.54) is 0 Å². The highest BCUT2D eigenvalue weighted by atomic mass is 19.5. The molecule has 0 aromatic heterocycles. The summed E-state index contributed by atoms with van der Waals surface area (Å²) < 4.78 is 771. The Balaban J connectivity index is 11.9. The normalized spacial score (nSPS) is 18.7. The molecule has 488 valence electrons. The highest BCUT2D eigenvalue weighted by molar-refractivity contribution is 5.37. The second-order valence-electron chi connectivity index (χ2n) is 14.8. The predicted octanol–water partition coefficient (Wildman–Crippen LogP) is 17.3. The molecule has 0 aliphatic heterocycles. The number of alkyl halides is 54. The van der Waals surface area contributed by atoms with Gasteiger partial charge in [-0.25, -0.2) is 17.6 Å². The summed E-state index contributed by atoms with van der Waals surface area (Å²) in [6.07, 6.45) is -111. The van der Waals surface area contributed by atoms with Crippen LogP contribution in [0.15, 0.2) is 0 Å². The quantitative estimate of drug-likeness (QED) is 0.140. The zero-order valence-corrected chi connectivity index (χ0v) is 33.8. The molecule has 0 aromatic rings. The first-order chi connectivity index (χ1) is 33.7. The lowest BCUT2D eigenvalue weighted by Crippen LogP contribution is -2.95. The molecule has 0 radical (unpaired) electrons. The standard InChI is InChI=1S/C26F54O/c27-1(3(29,17(51,52)53)18(54,55)56,7(31,32)9(35,36)11(39,40)13(43,44)15(47,48)25(75,76)77)5(21(63,64)65,22(66,67)68)81-6(23(69,70)71,24(72,73)74)2(28,4(30,19(57,58)59)20(60,61)62)8(33,34)10(37,38)12(41,42)14(45,46)16(49,50)26(78,79)80. The Bertz CT molecular complexity index is 2020. The Hall–Kier alpha value is -3.82. The van der Waals surface area contributed by atoms with Gasteiger partial charge in [-0.05, 0) is 0 Å². The Labute approximate surface area is 398 Å². The largest absolute Gasteiger partial charge is 0.460 e. The molecule has 2 unspecified atom stereocenters. The summed E-state index contributed by atoms with van der Waals surface area (Å²) in [4.78, 5) is 0. The number of hydrogen-bond donors (Lipinski definition) is 0. The van der Waals surface area contributed by atoms with E-state index in [1.807, 2.05) is 0 Å². The molecule has 0 fully saturated rings. The van der Waals surface area contributed by atoms with Gasteiger partial charge in [0.2, 0.25) is 0 Å². The fourth-order valence-corrected chi connectivity index (χ4v) is 6.14. The van der Waals surface area contributed by atoms with Gasteiger partial charge in [-0.3, -0.25) is 0 Å². The first-order valence-corrected chi connectivity index (χ1v) is 16.6. The third-order valence-electron chi connectivity index (χ3n) is 10.1. The highest BCUT2D eigenvalue weighted by Gasteiger charge is 3.12. The van der Waals surface area contributed by atoms with Gasteiger partial charge in [0.15, 0.2) is 0 Å². The Morgan fingerprint density at radius 1 is 0.111 bits per heavy atom. The van der Waals surface area contributed by atoms with Crippen LogP contribution in [0.3, 0.4) is 0 Å². The first kappa shape index (κ1) is 77.2. The summed E-state index contributed by atoms with van der Waals surface area (Å²) in [6.45, 7) is 0. The van der Waals surface area contributed by atoms with Crippen LogP contribution in [-0.2, 0) is 4.74 Å². The molecule has 0 amide bonds. The van der Waals surface area contributed by atoms with Crippen molar-refractivity contribution in [3.05, 3.63) is 0 Å². The lowest BCUT2D eigenvalue weighted by molar-refractivity contribution is -0.570. The minimum atomic E-state index is -13.5. The monoisotopic (exact) mass is 1350 g/mol. The van der Waals surface area contributed by atoms with Crippen LogP contribution >= 0.6 is 0 Å². The van der Waals surface area contributed by atoms with Crippen molar-refractivity contribution in [2.45, 2.75) is 155 Å². The van der Waals surface area contributed by atoms with Crippen molar-refractivity contribution in [3.8, 4) is 0 Å². The molecule has 0 bridgehead atoms. The van der Waals surface area contributed by atoms with E-state index in [9.17, 15) is 202 Å². The van der Waals surface area contributed by atoms with Gasteiger partial charge in [0.1, 0.15) is 0 Å². The SMILES string of the molecule is FC(F)(F)C(F)(F)C(F)(F)C(F)(F)C(F)(F)C(F)(F)C(F)(C(F)(C(F)(F)F)C(F)(F)F)C(OC(C(F)(F)F)(C(F)(F)F)C(F)(C(F)(F)C(F)(F)C(F)(F)C(F)(F)C(F)(F)C(F)(F)F)C(F)(C(F)(F)F)C(F)(F)F)(C(F)(F)F)C(F)(F)F. The van der Waals surface area contributed by atoms with E-state index in [2.05, 4.69) is 0 Å². The van der Waals surface area contributed by atoms with Crippen molar-refractivity contribution < 1.29 is 242 Å². The van der Waals surface area contributed by atoms with Gasteiger partial charge in [0.25, 0.3) is 11.3 Å². The lowest BCUT2D eigenvalue weighted by Gasteiger charge is -2.60. The zero-order chi connectivity index (χ0) is 67.7. The number of halogens is 54. The summed E-state index contributed by atoms with van der Waals surface area (Å²) >= 11 is 0. The molecule has 0 N–H and O–H groups in total. The summed E-state index contributed by atoms with van der Waals surface area (Å²) in [6, 6.07) is 0. The van der Waals surface area contributed by atoms with E-state index in [1.54, 1.807) is 0 Å². The molecule has 0 aliphatic rings. The summed E-state index contributed by atoms with van der Waals surface area (Å²) in [5, 5.41) is 0. The molecule has 0 heterocycles. The van der Waals surface area contributed by atoms with Gasteiger partial charge in [0.05, 0.1) is 0 Å². The molecular formula is C26F54O. The average Bonchev–Trinajstić information content (AvgIpc) is 3.14. The van der Waals surface area contributed by atoms with E-state index in [-0.39, 0.29) is 0 Å². The maximum absolute atomic E-state index is 16.7. The van der Waals surface area contributed by atoms with Crippen molar-refractivity contribution in [3.63, 3.8) is 0 Å². The topological polar surface area (TPSA) is 9.23 Å². The van der Waals surface area contributed by atoms with E-state index in [0.717, 1.165) is 0 Å². The molecule has 0 saturated carbocycles. The molecule has 1 nitrogen and oxygen atoms in total. The molecule has 0 rings (SSSR count). The first-order valence-electron chi connectivity index (χ1n) is 16.6. The average molecular weight is 1350 g/mol. The zero-order valence-electron chi connectivity index (χ0n) is 33.8. The van der Waals surface area contributed by atoms with E-state index < -0.39 is 160 Å². The van der Waals surface area contributed by atoms with Crippen LogP contribution in [-0.4, -0.2) is 155 Å². The van der Waals surface area contributed by atoms with Crippen molar-refractivity contribution in [2.75, 3.05) is 0 Å². The summed E-state index contributed by atoms with van der Waals surface area (Å²) in [7, 11) is 0. The van der Waals surface area contributed by atoms with Crippen molar-refractivity contribution >= 4 is 0 Å². The van der Waals surface area contributed by atoms with Gasteiger partial charge in [-0.1, -0.05) is 0 Å². The molecule has 0 aliphatic carbocycles. The van der Waals surface area contributed by atoms with Crippen molar-refractivity contribution in [1.29, 1.82) is 0 Å². The van der Waals surface area contributed by atoms with Crippen LogP contribution in [0, 0.1) is 0 Å². The molecule has 0 saturated heterocycles. The van der Waals surface area contributed by atoms with Gasteiger partial charge in [0, 0.05) is 0 Å². The van der Waals surface area contributed by atoms with Gasteiger partial charge in [-0.2, -0.15) is 220 Å². The van der Waals surface area contributed by atoms with E-state index in [0.29, 0.717) is 0 Å². The highest BCUT2D eigenvalue weighted by Crippen LogP contribution is 2.79. The van der Waals surface area contributed by atoms with Crippen LogP contribution < -0.4 is 0 Å². The van der Waals surface area contributed by atoms with Crippen LogP contribution in [0.25, 0.3) is 0 Å². The van der Waals surface area contributed by atoms with E-state index in [4.69, 9.17) is 0 Å². The fourth-order valence-electron chi connectivity index (χ4n) is 6.14. The van der Waals surface area contributed by atoms with Crippen molar-refractivity contribution in [1.82, 2.24) is 0 Å². The third kappa shape index (κ3) is 8.81. The lowest BCUT2D eigenvalue weighted by atomic mass is 9.61. The Morgan fingerprint density at radius 3 is 0.346 bits per heavy atom. The van der Waals surface area contributed by atoms with Gasteiger partial charge >= 0.3 is 144 Å². The number of ether oxygens (including phenoxy) is 1. The maximum Gasteiger partial charge on any atom is 0.460 e.